The molecule has 1 saturated heterocycles. The van der Waals surface area contributed by atoms with Crippen LogP contribution in [0.3, 0.4) is 0 Å². The van der Waals surface area contributed by atoms with Crippen molar-refractivity contribution in [3.8, 4) is 0 Å². The van der Waals surface area contributed by atoms with E-state index in [-0.39, 0.29) is 19.0 Å². The Hall–Kier alpha value is -2.71. The van der Waals surface area contributed by atoms with Gasteiger partial charge < -0.3 is 9.64 Å². The van der Waals surface area contributed by atoms with Gasteiger partial charge in [-0.15, -0.1) is 0 Å². The summed E-state index contributed by atoms with van der Waals surface area (Å²) < 4.78 is 33.1. The predicted molar refractivity (Wildman–Crippen MR) is 123 cm³/mol. The summed E-state index contributed by atoms with van der Waals surface area (Å²) in [6.45, 7) is 10.7. The van der Waals surface area contributed by atoms with Crippen LogP contribution >= 0.6 is 0 Å². The van der Waals surface area contributed by atoms with E-state index in [2.05, 4.69) is 4.74 Å². The van der Waals surface area contributed by atoms with E-state index in [4.69, 9.17) is 0 Å². The zero-order valence-electron chi connectivity index (χ0n) is 19.5. The molecule has 0 aliphatic carbocycles. The Morgan fingerprint density at radius 2 is 1.19 bits per heavy atom. The van der Waals surface area contributed by atoms with Crippen molar-refractivity contribution in [2.75, 3.05) is 33.3 Å². The molecule has 0 bridgehead atoms. The van der Waals surface area contributed by atoms with Crippen LogP contribution in [0.15, 0.2) is 29.2 Å². The lowest BCUT2D eigenvalue weighted by atomic mass is 9.95. The molecule has 0 radical (unpaired) electrons. The average Bonchev–Trinajstić information content (AvgIpc) is 2.80. The highest BCUT2D eigenvalue weighted by atomic mass is 32.2. The van der Waals surface area contributed by atoms with E-state index in [0.717, 1.165) is 27.8 Å². The third-order valence-corrected chi connectivity index (χ3v) is 8.78. The normalized spacial score (nSPS) is 15.0. The fourth-order valence-electron chi connectivity index (χ4n) is 4.16. The molecule has 0 saturated carbocycles. The molecule has 0 aromatic heterocycles. The third-order valence-electron chi connectivity index (χ3n) is 6.61. The topological polar surface area (TPSA) is 84.0 Å². The number of benzene rings is 2. The van der Waals surface area contributed by atoms with Crippen LogP contribution in [0.5, 0.6) is 0 Å². The monoisotopic (exact) mass is 458 g/mol. The van der Waals surface area contributed by atoms with E-state index in [9.17, 15) is 18.0 Å². The van der Waals surface area contributed by atoms with Crippen LogP contribution in [0.1, 0.15) is 48.5 Å². The maximum absolute atomic E-state index is 13.5. The molecule has 172 valence electrons. The van der Waals surface area contributed by atoms with Gasteiger partial charge in [-0.25, -0.2) is 13.2 Å². The number of hydrogen-bond acceptors (Lipinski definition) is 5. The van der Waals surface area contributed by atoms with Crippen LogP contribution in [0.4, 0.5) is 0 Å². The van der Waals surface area contributed by atoms with Gasteiger partial charge >= 0.3 is 5.97 Å². The molecule has 0 spiro atoms. The van der Waals surface area contributed by atoms with E-state index >= 15 is 0 Å². The van der Waals surface area contributed by atoms with Gasteiger partial charge in [0.1, 0.15) is 0 Å². The second-order valence-corrected chi connectivity index (χ2v) is 10.1. The van der Waals surface area contributed by atoms with Gasteiger partial charge in [0.15, 0.2) is 0 Å². The number of sulfonamides is 1. The first kappa shape index (κ1) is 23.9. The van der Waals surface area contributed by atoms with Gasteiger partial charge in [0.25, 0.3) is 5.91 Å². The summed E-state index contributed by atoms with van der Waals surface area (Å²) in [6, 6.07) is 6.27. The number of ether oxygens (including phenoxy) is 1. The molecular weight excluding hydrogens is 428 g/mol. The Kier molecular flexibility index (Phi) is 6.76. The fraction of sp³-hybridized carbons (Fsp3) is 0.417. The van der Waals surface area contributed by atoms with Crippen molar-refractivity contribution in [3.05, 3.63) is 63.2 Å². The first-order valence-electron chi connectivity index (χ1n) is 10.6. The highest BCUT2D eigenvalue weighted by Crippen LogP contribution is 2.32. The number of amides is 1. The summed E-state index contributed by atoms with van der Waals surface area (Å²) in [7, 11) is -2.37. The Morgan fingerprint density at radius 3 is 1.66 bits per heavy atom. The number of carbonyl (C=O) groups is 2. The molecule has 1 heterocycles. The van der Waals surface area contributed by atoms with Crippen LogP contribution in [0.2, 0.25) is 0 Å². The van der Waals surface area contributed by atoms with Crippen molar-refractivity contribution in [1.29, 1.82) is 0 Å². The van der Waals surface area contributed by atoms with Crippen molar-refractivity contribution in [2.24, 2.45) is 0 Å². The van der Waals surface area contributed by atoms with Crippen LogP contribution in [0.25, 0.3) is 0 Å². The van der Waals surface area contributed by atoms with Crippen molar-refractivity contribution in [2.45, 2.75) is 39.5 Å². The minimum atomic E-state index is -3.67. The lowest BCUT2D eigenvalue weighted by Crippen LogP contribution is -2.50. The van der Waals surface area contributed by atoms with E-state index < -0.39 is 16.0 Å². The second kappa shape index (κ2) is 9.03. The Balaban J connectivity index is 1.77. The molecule has 1 fully saturated rings. The van der Waals surface area contributed by atoms with Gasteiger partial charge in [-0.2, -0.15) is 4.31 Å². The van der Waals surface area contributed by atoms with Gasteiger partial charge in [-0.05, 0) is 86.7 Å². The highest BCUT2D eigenvalue weighted by Gasteiger charge is 2.33. The first-order valence-corrected chi connectivity index (χ1v) is 12.0. The summed E-state index contributed by atoms with van der Waals surface area (Å²) in [5.74, 6) is -0.650. The molecule has 32 heavy (non-hydrogen) atoms. The SMILES string of the molecule is COC(=O)c1ccc(C(=O)N2CCN(S(=O)(=O)c3c(C)c(C)c(C)c(C)c3C)CC2)cc1. The number of piperazine rings is 1. The zero-order chi connectivity index (χ0) is 23.8. The number of esters is 1. The summed E-state index contributed by atoms with van der Waals surface area (Å²) in [5.41, 5.74) is 5.50. The third kappa shape index (κ3) is 4.17. The molecule has 2 aromatic carbocycles. The van der Waals surface area contributed by atoms with E-state index in [1.165, 1.54) is 11.4 Å². The fourth-order valence-corrected chi connectivity index (χ4v) is 6.14. The van der Waals surface area contributed by atoms with Crippen LogP contribution < -0.4 is 0 Å². The number of carbonyl (C=O) groups excluding carboxylic acids is 2. The van der Waals surface area contributed by atoms with Gasteiger partial charge in [0.05, 0.1) is 17.6 Å². The maximum Gasteiger partial charge on any atom is 0.337 e. The summed E-state index contributed by atoms with van der Waals surface area (Å²) in [6.07, 6.45) is 0. The molecule has 1 amide bonds. The van der Waals surface area contributed by atoms with Crippen molar-refractivity contribution in [1.82, 2.24) is 9.21 Å². The molecular formula is C24H30N2O5S. The zero-order valence-corrected chi connectivity index (χ0v) is 20.3. The van der Waals surface area contributed by atoms with Crippen molar-refractivity contribution >= 4 is 21.9 Å². The van der Waals surface area contributed by atoms with Crippen molar-refractivity contribution in [3.63, 3.8) is 0 Å². The van der Waals surface area contributed by atoms with E-state index in [0.29, 0.717) is 29.1 Å². The predicted octanol–water partition coefficient (Wildman–Crippen LogP) is 3.16. The summed E-state index contributed by atoms with van der Waals surface area (Å²) in [5, 5.41) is 0. The highest BCUT2D eigenvalue weighted by molar-refractivity contribution is 7.89. The Bertz CT molecular complexity index is 1130. The van der Waals surface area contributed by atoms with Crippen molar-refractivity contribution < 1.29 is 22.7 Å². The number of methoxy groups -OCH3 is 1. The Labute approximate surface area is 190 Å². The quantitative estimate of drug-likeness (QED) is 0.657. The first-order chi connectivity index (χ1) is 15.0. The van der Waals surface area contributed by atoms with E-state index in [1.807, 2.05) is 34.6 Å². The van der Waals surface area contributed by atoms with Crippen LogP contribution in [-0.2, 0) is 14.8 Å². The summed E-state index contributed by atoms with van der Waals surface area (Å²) >= 11 is 0. The molecule has 8 heteroatoms. The number of hydrogen-bond donors (Lipinski definition) is 0. The lowest BCUT2D eigenvalue weighted by molar-refractivity contribution is 0.0599. The molecule has 1 aliphatic rings. The minimum absolute atomic E-state index is 0.187. The van der Waals surface area contributed by atoms with Gasteiger partial charge in [0.2, 0.25) is 10.0 Å². The van der Waals surface area contributed by atoms with Crippen LogP contribution in [-0.4, -0.2) is 62.8 Å². The summed E-state index contributed by atoms with van der Waals surface area (Å²) in [4.78, 5) is 26.5. The molecule has 1 aliphatic heterocycles. The molecule has 0 atom stereocenters. The molecule has 7 nitrogen and oxygen atoms in total. The van der Waals surface area contributed by atoms with Crippen LogP contribution in [0, 0.1) is 34.6 Å². The molecule has 3 rings (SSSR count). The molecule has 0 unspecified atom stereocenters. The molecule has 0 N–H and O–H groups in total. The van der Waals surface area contributed by atoms with Gasteiger partial charge in [0, 0.05) is 31.7 Å². The number of nitrogens with zero attached hydrogens (tertiary/aromatic N) is 2. The van der Waals surface area contributed by atoms with Gasteiger partial charge in [-0.1, -0.05) is 0 Å². The van der Waals surface area contributed by atoms with E-state index in [1.54, 1.807) is 29.2 Å². The Morgan fingerprint density at radius 1 is 0.750 bits per heavy atom. The molecule has 2 aromatic rings. The van der Waals surface area contributed by atoms with Gasteiger partial charge in [-0.3, -0.25) is 4.79 Å². The average molecular weight is 459 g/mol. The standard InChI is InChI=1S/C24H30N2O5S/c1-15-16(2)18(4)22(19(5)17(15)3)32(29,30)26-13-11-25(12-14-26)23(27)20-7-9-21(10-8-20)24(28)31-6/h7-10H,11-14H2,1-6H3. The number of rotatable bonds is 4. The minimum Gasteiger partial charge on any atom is -0.465 e. The lowest BCUT2D eigenvalue weighted by Gasteiger charge is -2.35. The maximum atomic E-state index is 13.5. The largest absolute Gasteiger partial charge is 0.465 e. The smallest absolute Gasteiger partial charge is 0.337 e. The second-order valence-electron chi connectivity index (χ2n) is 8.22.